The van der Waals surface area contributed by atoms with Gasteiger partial charge in [-0.25, -0.2) is 0 Å². The Balaban J connectivity index is 1.84. The zero-order valence-corrected chi connectivity index (χ0v) is 15.5. The van der Waals surface area contributed by atoms with Crippen LogP contribution in [0.25, 0.3) is 0 Å². The van der Waals surface area contributed by atoms with E-state index in [-0.39, 0.29) is 11.9 Å². The van der Waals surface area contributed by atoms with Crippen molar-refractivity contribution < 1.29 is 9.53 Å². The van der Waals surface area contributed by atoms with Gasteiger partial charge in [-0.05, 0) is 37.0 Å². The predicted molar refractivity (Wildman–Crippen MR) is 97.8 cm³/mol. The largest absolute Gasteiger partial charge is 0.469 e. The molecule has 1 aliphatic rings. The first-order chi connectivity index (χ1) is 11.6. The first-order valence-electron chi connectivity index (χ1n) is 8.03. The molecule has 5 nitrogen and oxygen atoms in total. The van der Waals surface area contributed by atoms with E-state index < -0.39 is 0 Å². The van der Waals surface area contributed by atoms with Crippen LogP contribution in [0.5, 0.6) is 0 Å². The fourth-order valence-electron chi connectivity index (χ4n) is 2.90. The molecule has 1 saturated heterocycles. The van der Waals surface area contributed by atoms with Gasteiger partial charge >= 0.3 is 5.97 Å². The second kappa shape index (κ2) is 9.14. The molecular formula is C17H23Cl2N3O2. The van der Waals surface area contributed by atoms with Crippen LogP contribution in [0, 0.1) is 5.92 Å². The molecule has 7 heteroatoms. The van der Waals surface area contributed by atoms with Crippen LogP contribution in [0.4, 0.5) is 0 Å². The molecule has 1 fully saturated rings. The van der Waals surface area contributed by atoms with Crippen LogP contribution < -0.4 is 5.32 Å². The summed E-state index contributed by atoms with van der Waals surface area (Å²) in [5.41, 5.74) is 0.938. The van der Waals surface area contributed by atoms with E-state index in [4.69, 9.17) is 27.9 Å². The molecule has 1 aromatic rings. The number of guanidine groups is 1. The number of likely N-dealkylation sites (tertiary alicyclic amines) is 1. The number of nitrogens with zero attached hydrogens (tertiary/aromatic N) is 2. The van der Waals surface area contributed by atoms with Crippen molar-refractivity contribution in [1.29, 1.82) is 0 Å². The number of piperidine rings is 1. The first-order valence-corrected chi connectivity index (χ1v) is 8.78. The maximum absolute atomic E-state index is 11.6. The van der Waals surface area contributed by atoms with Gasteiger partial charge in [0.15, 0.2) is 5.96 Å². The molecule has 1 aromatic carbocycles. The van der Waals surface area contributed by atoms with Crippen molar-refractivity contribution in [2.45, 2.75) is 19.3 Å². The van der Waals surface area contributed by atoms with Crippen LogP contribution in [0.15, 0.2) is 23.2 Å². The quantitative estimate of drug-likeness (QED) is 0.502. The maximum atomic E-state index is 11.6. The molecule has 0 amide bonds. The van der Waals surface area contributed by atoms with Gasteiger partial charge in [0, 0.05) is 36.7 Å². The fraction of sp³-hybridized carbons (Fsp3) is 0.529. The number of methoxy groups -OCH3 is 1. The third-order valence-corrected chi connectivity index (χ3v) is 4.97. The van der Waals surface area contributed by atoms with E-state index in [1.165, 1.54) is 7.11 Å². The van der Waals surface area contributed by atoms with Gasteiger partial charge < -0.3 is 15.0 Å². The Morgan fingerprint density at radius 3 is 2.50 bits per heavy atom. The molecule has 1 N–H and O–H groups in total. The topological polar surface area (TPSA) is 53.9 Å². The summed E-state index contributed by atoms with van der Waals surface area (Å²) in [4.78, 5) is 18.1. The summed E-state index contributed by atoms with van der Waals surface area (Å²) in [6, 6.07) is 5.52. The number of benzene rings is 1. The number of nitrogens with one attached hydrogen (secondary N) is 1. The Kier molecular flexibility index (Phi) is 7.18. The van der Waals surface area contributed by atoms with E-state index in [1.807, 2.05) is 18.2 Å². The fourth-order valence-corrected chi connectivity index (χ4v) is 3.48. The van der Waals surface area contributed by atoms with E-state index in [0.717, 1.165) is 43.9 Å². The smallest absolute Gasteiger partial charge is 0.308 e. The lowest BCUT2D eigenvalue weighted by Crippen LogP contribution is -2.47. The third kappa shape index (κ3) is 4.77. The Morgan fingerprint density at radius 2 is 1.96 bits per heavy atom. The standard InChI is InChI=1S/C17H23Cl2N3O2/c1-20-17(22-10-7-12(8-11-22)16(23)24-2)21-9-6-13-14(18)4-3-5-15(13)19/h3-5,12H,6-11H2,1-2H3,(H,20,21). The average molecular weight is 372 g/mol. The molecule has 0 atom stereocenters. The van der Waals surface area contributed by atoms with Crippen molar-refractivity contribution in [2.75, 3.05) is 33.8 Å². The van der Waals surface area contributed by atoms with Crippen molar-refractivity contribution in [2.24, 2.45) is 10.9 Å². The summed E-state index contributed by atoms with van der Waals surface area (Å²) in [5.74, 6) is 0.707. The van der Waals surface area contributed by atoms with E-state index in [1.54, 1.807) is 7.05 Å². The van der Waals surface area contributed by atoms with Gasteiger partial charge in [-0.15, -0.1) is 0 Å². The number of rotatable bonds is 4. The van der Waals surface area contributed by atoms with Gasteiger partial charge in [0.2, 0.25) is 0 Å². The molecule has 0 aliphatic carbocycles. The highest BCUT2D eigenvalue weighted by atomic mass is 35.5. The van der Waals surface area contributed by atoms with E-state index >= 15 is 0 Å². The molecule has 0 unspecified atom stereocenters. The molecule has 24 heavy (non-hydrogen) atoms. The van der Waals surface area contributed by atoms with E-state index in [9.17, 15) is 4.79 Å². The highest BCUT2D eigenvalue weighted by Gasteiger charge is 2.26. The molecule has 132 valence electrons. The third-order valence-electron chi connectivity index (χ3n) is 4.26. The van der Waals surface area contributed by atoms with Gasteiger partial charge in [0.25, 0.3) is 0 Å². The lowest BCUT2D eigenvalue weighted by atomic mass is 9.97. The summed E-state index contributed by atoms with van der Waals surface area (Å²) >= 11 is 12.4. The molecular weight excluding hydrogens is 349 g/mol. The number of ether oxygens (including phenoxy) is 1. The normalized spacial score (nSPS) is 16.2. The van der Waals surface area contributed by atoms with Gasteiger partial charge in [-0.3, -0.25) is 9.79 Å². The van der Waals surface area contributed by atoms with Crippen LogP contribution in [0.3, 0.4) is 0 Å². The first kappa shape index (κ1) is 18.9. The minimum Gasteiger partial charge on any atom is -0.469 e. The molecule has 0 spiro atoms. The molecule has 1 heterocycles. The Bertz CT molecular complexity index is 579. The number of carbonyl (C=O) groups excluding carboxylic acids is 1. The highest BCUT2D eigenvalue weighted by Crippen LogP contribution is 2.24. The predicted octanol–water partition coefficient (Wildman–Crippen LogP) is 3.00. The SMILES string of the molecule is CN=C(NCCc1c(Cl)cccc1Cl)N1CCC(C(=O)OC)CC1. The van der Waals surface area contributed by atoms with Crippen molar-refractivity contribution in [1.82, 2.24) is 10.2 Å². The number of halogens is 2. The van der Waals surface area contributed by atoms with Crippen LogP contribution in [-0.2, 0) is 16.0 Å². The Morgan fingerprint density at radius 1 is 1.33 bits per heavy atom. The molecule has 1 aliphatic heterocycles. The van der Waals surface area contributed by atoms with Crippen LogP contribution >= 0.6 is 23.2 Å². The minimum absolute atomic E-state index is 0.00807. The lowest BCUT2D eigenvalue weighted by Gasteiger charge is -2.33. The molecule has 0 bridgehead atoms. The Hall–Kier alpha value is -1.46. The maximum Gasteiger partial charge on any atom is 0.308 e. The second-order valence-electron chi connectivity index (χ2n) is 5.71. The molecule has 0 saturated carbocycles. The van der Waals surface area contributed by atoms with Gasteiger partial charge in [-0.1, -0.05) is 29.3 Å². The van der Waals surface area contributed by atoms with Crippen molar-refractivity contribution >= 4 is 35.1 Å². The monoisotopic (exact) mass is 371 g/mol. The summed E-state index contributed by atoms with van der Waals surface area (Å²) in [6.45, 7) is 2.26. The summed E-state index contributed by atoms with van der Waals surface area (Å²) < 4.78 is 4.82. The van der Waals surface area contributed by atoms with Gasteiger partial charge in [0.1, 0.15) is 0 Å². The van der Waals surface area contributed by atoms with Gasteiger partial charge in [-0.2, -0.15) is 0 Å². The zero-order valence-electron chi connectivity index (χ0n) is 14.0. The average Bonchev–Trinajstić information content (AvgIpc) is 2.60. The zero-order chi connectivity index (χ0) is 17.5. The van der Waals surface area contributed by atoms with Crippen LogP contribution in [0.1, 0.15) is 18.4 Å². The van der Waals surface area contributed by atoms with Crippen molar-refractivity contribution in [3.05, 3.63) is 33.8 Å². The molecule has 0 radical (unpaired) electrons. The van der Waals surface area contributed by atoms with Crippen molar-refractivity contribution in [3.63, 3.8) is 0 Å². The summed E-state index contributed by atoms with van der Waals surface area (Å²) in [7, 11) is 3.20. The van der Waals surface area contributed by atoms with Crippen LogP contribution in [-0.4, -0.2) is 50.6 Å². The molecule has 0 aromatic heterocycles. The minimum atomic E-state index is -0.119. The molecule has 2 rings (SSSR count). The Labute approximate surface area is 153 Å². The summed E-state index contributed by atoms with van der Waals surface area (Å²) in [5, 5.41) is 4.70. The number of hydrogen-bond acceptors (Lipinski definition) is 3. The lowest BCUT2D eigenvalue weighted by molar-refractivity contribution is -0.146. The summed E-state index contributed by atoms with van der Waals surface area (Å²) in [6.07, 6.45) is 2.28. The van der Waals surface area contributed by atoms with Crippen LogP contribution in [0.2, 0.25) is 10.0 Å². The van der Waals surface area contributed by atoms with Crippen molar-refractivity contribution in [3.8, 4) is 0 Å². The van der Waals surface area contributed by atoms with E-state index in [0.29, 0.717) is 16.6 Å². The number of carbonyl (C=O) groups is 1. The second-order valence-corrected chi connectivity index (χ2v) is 6.52. The number of aliphatic imine (C=N–C) groups is 1. The number of hydrogen-bond donors (Lipinski definition) is 1. The van der Waals surface area contributed by atoms with E-state index in [2.05, 4.69) is 15.2 Å². The highest BCUT2D eigenvalue weighted by molar-refractivity contribution is 6.35. The van der Waals surface area contributed by atoms with Gasteiger partial charge in [0.05, 0.1) is 13.0 Å². The number of esters is 1.